The molecule has 0 spiro atoms. The van der Waals surface area contributed by atoms with Gasteiger partial charge in [0.15, 0.2) is 0 Å². The Labute approximate surface area is 101 Å². The van der Waals surface area contributed by atoms with Crippen molar-refractivity contribution in [2.75, 3.05) is 11.9 Å². The average molecular weight is 230 g/mol. The van der Waals surface area contributed by atoms with Crippen LogP contribution in [0.5, 0.6) is 0 Å². The third-order valence-corrected chi connectivity index (χ3v) is 2.69. The van der Waals surface area contributed by atoms with E-state index in [2.05, 4.69) is 10.3 Å². The number of nitrogens with zero attached hydrogens (tertiary/aromatic N) is 1. The van der Waals surface area contributed by atoms with Crippen LogP contribution in [0.3, 0.4) is 0 Å². The van der Waals surface area contributed by atoms with Gasteiger partial charge >= 0.3 is 0 Å². The molecule has 1 heterocycles. The Kier molecular flexibility index (Phi) is 3.70. The molecule has 88 valence electrons. The molecule has 0 saturated heterocycles. The van der Waals surface area contributed by atoms with Gasteiger partial charge < -0.3 is 5.32 Å². The summed E-state index contributed by atoms with van der Waals surface area (Å²) in [6.45, 7) is 2.61. The normalized spacial score (nSPS) is 10.2. The highest BCUT2D eigenvalue weighted by molar-refractivity contribution is 5.51. The fourth-order valence-electron chi connectivity index (χ4n) is 1.74. The molecule has 2 nitrogen and oxygen atoms in total. The highest BCUT2D eigenvalue weighted by Crippen LogP contribution is 2.18. The van der Waals surface area contributed by atoms with Gasteiger partial charge in [0.2, 0.25) is 0 Å². The van der Waals surface area contributed by atoms with E-state index in [-0.39, 0.29) is 5.82 Å². The summed E-state index contributed by atoms with van der Waals surface area (Å²) < 4.78 is 13.5. The number of aromatic nitrogens is 1. The van der Waals surface area contributed by atoms with Crippen LogP contribution in [0, 0.1) is 12.7 Å². The molecule has 0 fully saturated rings. The Morgan fingerprint density at radius 1 is 1.18 bits per heavy atom. The second kappa shape index (κ2) is 5.43. The lowest BCUT2D eigenvalue weighted by Crippen LogP contribution is -2.07. The minimum atomic E-state index is -0.195. The van der Waals surface area contributed by atoms with Gasteiger partial charge in [-0.2, -0.15) is 0 Å². The number of para-hydroxylation sites is 1. The van der Waals surface area contributed by atoms with E-state index in [1.165, 1.54) is 11.6 Å². The summed E-state index contributed by atoms with van der Waals surface area (Å²) in [6, 6.07) is 9.03. The van der Waals surface area contributed by atoms with Crippen LogP contribution < -0.4 is 5.32 Å². The number of hydrogen-bond acceptors (Lipinski definition) is 2. The van der Waals surface area contributed by atoms with Gasteiger partial charge in [0.05, 0.1) is 5.69 Å². The predicted molar refractivity (Wildman–Crippen MR) is 67.6 cm³/mol. The van der Waals surface area contributed by atoms with Crippen LogP contribution in [0.15, 0.2) is 42.7 Å². The zero-order valence-corrected chi connectivity index (χ0v) is 9.78. The maximum Gasteiger partial charge on any atom is 0.146 e. The van der Waals surface area contributed by atoms with Crippen LogP contribution in [0.2, 0.25) is 0 Å². The Bertz CT molecular complexity index is 463. The van der Waals surface area contributed by atoms with E-state index < -0.39 is 0 Å². The maximum atomic E-state index is 13.5. The highest BCUT2D eigenvalue weighted by Gasteiger charge is 2.03. The maximum absolute atomic E-state index is 13.5. The lowest BCUT2D eigenvalue weighted by molar-refractivity contribution is 0.629. The van der Waals surface area contributed by atoms with Gasteiger partial charge in [-0.25, -0.2) is 4.39 Å². The number of pyridine rings is 1. The molecule has 0 bridgehead atoms. The van der Waals surface area contributed by atoms with Gasteiger partial charge in [-0.15, -0.1) is 0 Å². The third-order valence-electron chi connectivity index (χ3n) is 2.69. The first-order valence-electron chi connectivity index (χ1n) is 5.65. The van der Waals surface area contributed by atoms with Crippen molar-refractivity contribution in [2.45, 2.75) is 13.3 Å². The van der Waals surface area contributed by atoms with E-state index in [4.69, 9.17) is 0 Å². The SMILES string of the molecule is Cc1cccc(F)c1NCCc1ccncc1. The van der Waals surface area contributed by atoms with Crippen LogP contribution in [-0.4, -0.2) is 11.5 Å². The summed E-state index contributed by atoms with van der Waals surface area (Å²) in [5.41, 5.74) is 2.72. The van der Waals surface area contributed by atoms with Crippen molar-refractivity contribution in [3.63, 3.8) is 0 Å². The Balaban J connectivity index is 1.95. The van der Waals surface area contributed by atoms with Crippen molar-refractivity contribution in [2.24, 2.45) is 0 Å². The fourth-order valence-corrected chi connectivity index (χ4v) is 1.74. The van der Waals surface area contributed by atoms with Crippen molar-refractivity contribution in [3.8, 4) is 0 Å². The van der Waals surface area contributed by atoms with Crippen LogP contribution >= 0.6 is 0 Å². The fraction of sp³-hybridized carbons (Fsp3) is 0.214. The molecule has 2 rings (SSSR count). The molecule has 0 atom stereocenters. The third kappa shape index (κ3) is 3.03. The molecule has 1 aromatic carbocycles. The molecule has 2 aromatic rings. The number of hydrogen-bond donors (Lipinski definition) is 1. The number of rotatable bonds is 4. The molecule has 0 amide bonds. The van der Waals surface area contributed by atoms with E-state index >= 15 is 0 Å². The largest absolute Gasteiger partial charge is 0.382 e. The van der Waals surface area contributed by atoms with Crippen molar-refractivity contribution in [1.82, 2.24) is 4.98 Å². The van der Waals surface area contributed by atoms with E-state index in [0.29, 0.717) is 12.2 Å². The topological polar surface area (TPSA) is 24.9 Å². The summed E-state index contributed by atoms with van der Waals surface area (Å²) in [6.07, 6.45) is 4.39. The molecule has 3 heteroatoms. The van der Waals surface area contributed by atoms with Gasteiger partial charge in [-0.3, -0.25) is 4.98 Å². The predicted octanol–water partition coefficient (Wildman–Crippen LogP) is 3.18. The van der Waals surface area contributed by atoms with E-state index in [9.17, 15) is 4.39 Å². The molecule has 1 aromatic heterocycles. The van der Waals surface area contributed by atoms with E-state index in [0.717, 1.165) is 12.0 Å². The summed E-state index contributed by atoms with van der Waals surface area (Å²) in [5, 5.41) is 3.13. The molecule has 0 aliphatic heterocycles. The van der Waals surface area contributed by atoms with Gasteiger partial charge in [0.1, 0.15) is 5.82 Å². The lowest BCUT2D eigenvalue weighted by atomic mass is 10.1. The first-order valence-corrected chi connectivity index (χ1v) is 5.65. The van der Waals surface area contributed by atoms with E-state index in [1.54, 1.807) is 18.5 Å². The summed E-state index contributed by atoms with van der Waals surface area (Å²) in [4.78, 5) is 3.96. The molecule has 0 unspecified atom stereocenters. The molecular weight excluding hydrogens is 215 g/mol. The summed E-state index contributed by atoms with van der Waals surface area (Å²) in [7, 11) is 0. The van der Waals surface area contributed by atoms with Gasteiger partial charge in [0, 0.05) is 18.9 Å². The van der Waals surface area contributed by atoms with Gasteiger partial charge in [0.25, 0.3) is 0 Å². The first kappa shape index (κ1) is 11.6. The number of benzene rings is 1. The molecule has 0 saturated carbocycles. The number of anilines is 1. The number of aryl methyl sites for hydroxylation is 1. The van der Waals surface area contributed by atoms with Crippen LogP contribution in [-0.2, 0) is 6.42 Å². The second-order valence-electron chi connectivity index (χ2n) is 3.96. The molecular formula is C14H15FN2. The standard InChI is InChI=1S/C14H15FN2/c1-11-3-2-4-13(15)14(11)17-10-7-12-5-8-16-9-6-12/h2-6,8-9,17H,7,10H2,1H3. The van der Waals surface area contributed by atoms with Crippen molar-refractivity contribution in [3.05, 3.63) is 59.7 Å². The first-order chi connectivity index (χ1) is 8.27. The Hall–Kier alpha value is -1.90. The number of halogens is 1. The highest BCUT2D eigenvalue weighted by atomic mass is 19.1. The zero-order valence-electron chi connectivity index (χ0n) is 9.78. The van der Waals surface area contributed by atoms with Crippen molar-refractivity contribution < 1.29 is 4.39 Å². The summed E-state index contributed by atoms with van der Waals surface area (Å²) in [5.74, 6) is -0.195. The van der Waals surface area contributed by atoms with E-state index in [1.807, 2.05) is 25.1 Å². The minimum absolute atomic E-state index is 0.195. The molecule has 1 N–H and O–H groups in total. The Morgan fingerprint density at radius 3 is 2.65 bits per heavy atom. The van der Waals surface area contributed by atoms with Crippen molar-refractivity contribution >= 4 is 5.69 Å². The molecule has 0 radical (unpaired) electrons. The van der Waals surface area contributed by atoms with Gasteiger partial charge in [-0.1, -0.05) is 12.1 Å². The number of nitrogens with one attached hydrogen (secondary N) is 1. The van der Waals surface area contributed by atoms with Gasteiger partial charge in [-0.05, 0) is 42.7 Å². The average Bonchev–Trinajstić information content (AvgIpc) is 2.34. The zero-order chi connectivity index (χ0) is 12.1. The lowest BCUT2D eigenvalue weighted by Gasteiger charge is -2.10. The van der Waals surface area contributed by atoms with Crippen LogP contribution in [0.1, 0.15) is 11.1 Å². The molecule has 17 heavy (non-hydrogen) atoms. The minimum Gasteiger partial charge on any atom is -0.382 e. The molecule has 0 aliphatic rings. The summed E-state index contributed by atoms with van der Waals surface area (Å²) >= 11 is 0. The quantitative estimate of drug-likeness (QED) is 0.872. The Morgan fingerprint density at radius 2 is 1.94 bits per heavy atom. The van der Waals surface area contributed by atoms with Crippen LogP contribution in [0.4, 0.5) is 10.1 Å². The smallest absolute Gasteiger partial charge is 0.146 e. The van der Waals surface area contributed by atoms with Crippen LogP contribution in [0.25, 0.3) is 0 Å². The monoisotopic (exact) mass is 230 g/mol. The molecule has 0 aliphatic carbocycles. The van der Waals surface area contributed by atoms with Crippen molar-refractivity contribution in [1.29, 1.82) is 0 Å². The second-order valence-corrected chi connectivity index (χ2v) is 3.96.